The highest BCUT2D eigenvalue weighted by atomic mass is 19.1. The van der Waals surface area contributed by atoms with Crippen LogP contribution in [0.25, 0.3) is 22.2 Å². The van der Waals surface area contributed by atoms with Crippen molar-refractivity contribution in [3.05, 3.63) is 65.5 Å². The molecule has 0 radical (unpaired) electrons. The van der Waals surface area contributed by atoms with E-state index in [4.69, 9.17) is 0 Å². The van der Waals surface area contributed by atoms with Crippen LogP contribution in [0.3, 0.4) is 0 Å². The van der Waals surface area contributed by atoms with Crippen LogP contribution < -0.4 is 5.32 Å². The lowest BCUT2D eigenvalue weighted by molar-refractivity contribution is 0.0929. The third kappa shape index (κ3) is 3.70. The van der Waals surface area contributed by atoms with E-state index in [1.54, 1.807) is 24.3 Å². The van der Waals surface area contributed by atoms with Gasteiger partial charge in [-0.25, -0.2) is 9.37 Å². The van der Waals surface area contributed by atoms with E-state index in [1.165, 1.54) is 12.5 Å². The lowest BCUT2D eigenvalue weighted by atomic mass is 9.95. The molecule has 1 fully saturated rings. The van der Waals surface area contributed by atoms with Crippen molar-refractivity contribution >= 4 is 16.8 Å². The summed E-state index contributed by atoms with van der Waals surface area (Å²) in [5.41, 5.74) is 3.22. The number of carbonyl (C=O) groups excluding carboxylic acids is 1. The number of nitrogens with zero attached hydrogens (tertiary/aromatic N) is 1. The van der Waals surface area contributed by atoms with Crippen molar-refractivity contribution in [3.8, 4) is 11.3 Å². The molecule has 1 N–H and O–H groups in total. The first kappa shape index (κ1) is 17.7. The van der Waals surface area contributed by atoms with E-state index in [0.717, 1.165) is 36.6 Å². The van der Waals surface area contributed by atoms with Gasteiger partial charge < -0.3 is 5.32 Å². The van der Waals surface area contributed by atoms with Crippen LogP contribution in [-0.2, 0) is 0 Å². The molecule has 1 aromatic heterocycles. The molecule has 1 heterocycles. The van der Waals surface area contributed by atoms with Crippen molar-refractivity contribution in [2.45, 2.75) is 45.1 Å². The quantitative estimate of drug-likeness (QED) is 0.677. The molecule has 0 saturated heterocycles. The molecule has 1 amide bonds. The number of hydrogen-bond donors (Lipinski definition) is 1. The second-order valence-electron chi connectivity index (χ2n) is 7.36. The first-order valence-electron chi connectivity index (χ1n) is 9.59. The maximum Gasteiger partial charge on any atom is 0.252 e. The van der Waals surface area contributed by atoms with Gasteiger partial charge in [-0.3, -0.25) is 4.79 Å². The highest BCUT2D eigenvalue weighted by molar-refractivity contribution is 6.07. The minimum Gasteiger partial charge on any atom is -0.349 e. The molecule has 3 nitrogen and oxygen atoms in total. The Morgan fingerprint density at radius 2 is 1.85 bits per heavy atom. The molecule has 27 heavy (non-hydrogen) atoms. The average Bonchev–Trinajstić information content (AvgIpc) is 2.68. The second-order valence-corrected chi connectivity index (χ2v) is 7.36. The van der Waals surface area contributed by atoms with Gasteiger partial charge in [0.1, 0.15) is 5.82 Å². The SMILES string of the molecule is Cc1ccc2nc(-c3ccccc3F)cc(C(=O)NC3CCCCC3)c2c1. The first-order valence-corrected chi connectivity index (χ1v) is 9.59. The Bertz CT molecular complexity index is 993. The fourth-order valence-electron chi connectivity index (χ4n) is 3.84. The molecule has 0 atom stereocenters. The summed E-state index contributed by atoms with van der Waals surface area (Å²) in [6.07, 6.45) is 5.59. The Morgan fingerprint density at radius 1 is 1.07 bits per heavy atom. The predicted octanol–water partition coefficient (Wildman–Crippen LogP) is 5.41. The number of fused-ring (bicyclic) bond motifs is 1. The van der Waals surface area contributed by atoms with Crippen LogP contribution in [0.2, 0.25) is 0 Å². The summed E-state index contributed by atoms with van der Waals surface area (Å²) < 4.78 is 14.3. The summed E-state index contributed by atoms with van der Waals surface area (Å²) in [5.74, 6) is -0.437. The highest BCUT2D eigenvalue weighted by Crippen LogP contribution is 2.28. The number of amides is 1. The summed E-state index contributed by atoms with van der Waals surface area (Å²) in [7, 11) is 0. The molecular formula is C23H23FN2O. The van der Waals surface area contributed by atoms with Crippen molar-refractivity contribution in [1.82, 2.24) is 10.3 Å². The molecule has 0 unspecified atom stereocenters. The number of carbonyl (C=O) groups is 1. The minimum atomic E-state index is -0.338. The largest absolute Gasteiger partial charge is 0.349 e. The Morgan fingerprint density at radius 3 is 2.63 bits per heavy atom. The van der Waals surface area contributed by atoms with Gasteiger partial charge in [0.25, 0.3) is 5.91 Å². The highest BCUT2D eigenvalue weighted by Gasteiger charge is 2.20. The molecule has 3 aromatic rings. The van der Waals surface area contributed by atoms with Crippen LogP contribution in [0.5, 0.6) is 0 Å². The average molecular weight is 362 g/mol. The van der Waals surface area contributed by atoms with E-state index >= 15 is 0 Å². The zero-order valence-corrected chi connectivity index (χ0v) is 15.5. The number of aromatic nitrogens is 1. The fraction of sp³-hybridized carbons (Fsp3) is 0.304. The fourth-order valence-corrected chi connectivity index (χ4v) is 3.84. The number of pyridine rings is 1. The van der Waals surface area contributed by atoms with Gasteiger partial charge in [-0.2, -0.15) is 0 Å². The van der Waals surface area contributed by atoms with Gasteiger partial charge >= 0.3 is 0 Å². The van der Waals surface area contributed by atoms with Crippen molar-refractivity contribution < 1.29 is 9.18 Å². The maximum atomic E-state index is 14.3. The molecular weight excluding hydrogens is 339 g/mol. The normalized spacial score (nSPS) is 15.0. The predicted molar refractivity (Wildman–Crippen MR) is 106 cm³/mol. The molecule has 1 aliphatic carbocycles. The van der Waals surface area contributed by atoms with Crippen LogP contribution in [0.15, 0.2) is 48.5 Å². The van der Waals surface area contributed by atoms with E-state index in [9.17, 15) is 9.18 Å². The van der Waals surface area contributed by atoms with Gasteiger partial charge in [0, 0.05) is 17.0 Å². The molecule has 0 aliphatic heterocycles. The van der Waals surface area contributed by atoms with Crippen molar-refractivity contribution in [2.24, 2.45) is 0 Å². The van der Waals surface area contributed by atoms with Crippen molar-refractivity contribution in [1.29, 1.82) is 0 Å². The van der Waals surface area contributed by atoms with Crippen LogP contribution in [0, 0.1) is 12.7 Å². The molecule has 0 bridgehead atoms. The lowest BCUT2D eigenvalue weighted by Gasteiger charge is -2.23. The molecule has 4 heteroatoms. The Kier molecular flexibility index (Phi) is 4.88. The zero-order chi connectivity index (χ0) is 18.8. The third-order valence-electron chi connectivity index (χ3n) is 5.30. The number of nitrogens with one attached hydrogen (secondary N) is 1. The van der Waals surface area contributed by atoms with E-state index in [1.807, 2.05) is 25.1 Å². The van der Waals surface area contributed by atoms with E-state index in [2.05, 4.69) is 10.3 Å². The summed E-state index contributed by atoms with van der Waals surface area (Å²) in [6, 6.07) is 14.3. The number of benzene rings is 2. The van der Waals surface area contributed by atoms with E-state index in [0.29, 0.717) is 22.3 Å². The molecule has 138 valence electrons. The number of rotatable bonds is 3. The van der Waals surface area contributed by atoms with Crippen LogP contribution in [-0.4, -0.2) is 16.9 Å². The van der Waals surface area contributed by atoms with Gasteiger partial charge in [-0.05, 0) is 50.1 Å². The summed E-state index contributed by atoms with van der Waals surface area (Å²) >= 11 is 0. The molecule has 1 aliphatic rings. The van der Waals surface area contributed by atoms with Crippen LogP contribution >= 0.6 is 0 Å². The third-order valence-corrected chi connectivity index (χ3v) is 5.30. The van der Waals surface area contributed by atoms with Gasteiger partial charge in [-0.15, -0.1) is 0 Å². The second kappa shape index (κ2) is 7.47. The van der Waals surface area contributed by atoms with Gasteiger partial charge in [0.15, 0.2) is 0 Å². The van der Waals surface area contributed by atoms with Crippen LogP contribution in [0.4, 0.5) is 4.39 Å². The monoisotopic (exact) mass is 362 g/mol. The molecule has 1 saturated carbocycles. The topological polar surface area (TPSA) is 42.0 Å². The smallest absolute Gasteiger partial charge is 0.252 e. The standard InChI is InChI=1S/C23H23FN2O/c1-15-11-12-21-18(13-15)19(23(27)25-16-7-3-2-4-8-16)14-22(26-21)17-9-5-6-10-20(17)24/h5-6,9-14,16H,2-4,7-8H2,1H3,(H,25,27). The van der Waals surface area contributed by atoms with E-state index < -0.39 is 0 Å². The van der Waals surface area contributed by atoms with Crippen molar-refractivity contribution in [2.75, 3.05) is 0 Å². The van der Waals surface area contributed by atoms with Crippen molar-refractivity contribution in [3.63, 3.8) is 0 Å². The van der Waals surface area contributed by atoms with Gasteiger partial charge in [-0.1, -0.05) is 43.0 Å². The summed E-state index contributed by atoms with van der Waals surface area (Å²) in [6.45, 7) is 1.99. The first-order chi connectivity index (χ1) is 13.1. The van der Waals surface area contributed by atoms with E-state index in [-0.39, 0.29) is 17.8 Å². The minimum absolute atomic E-state index is 0.0995. The number of aryl methyl sites for hydroxylation is 1. The number of hydrogen-bond acceptors (Lipinski definition) is 2. The van der Waals surface area contributed by atoms with Crippen LogP contribution in [0.1, 0.15) is 48.0 Å². The maximum absolute atomic E-state index is 14.3. The zero-order valence-electron chi connectivity index (χ0n) is 15.5. The molecule has 2 aromatic carbocycles. The molecule has 0 spiro atoms. The Hall–Kier alpha value is -2.75. The summed E-state index contributed by atoms with van der Waals surface area (Å²) in [5, 5.41) is 3.99. The number of halogens is 1. The van der Waals surface area contributed by atoms with Gasteiger partial charge in [0.2, 0.25) is 0 Å². The molecule has 4 rings (SSSR count). The Labute approximate surface area is 158 Å². The Balaban J connectivity index is 1.80. The van der Waals surface area contributed by atoms with Gasteiger partial charge in [0.05, 0.1) is 16.8 Å². The lowest BCUT2D eigenvalue weighted by Crippen LogP contribution is -2.36. The summed E-state index contributed by atoms with van der Waals surface area (Å²) in [4.78, 5) is 17.7.